The Bertz CT molecular complexity index is 626. The molecule has 9 heteroatoms. The average molecular weight is 296 g/mol. The molecule has 21 heavy (non-hydrogen) atoms. The number of ether oxygens (including phenoxy) is 1. The van der Waals surface area contributed by atoms with Crippen molar-refractivity contribution < 1.29 is 22.8 Å². The van der Waals surface area contributed by atoms with Crippen LogP contribution in [-0.2, 0) is 5.54 Å². The van der Waals surface area contributed by atoms with E-state index in [-0.39, 0.29) is 11.4 Å². The van der Waals surface area contributed by atoms with Gasteiger partial charge in [0, 0.05) is 0 Å². The molecule has 1 fully saturated rings. The van der Waals surface area contributed by atoms with Crippen LogP contribution in [0.1, 0.15) is 29.2 Å². The maximum atomic E-state index is 12.1. The normalized spacial score (nSPS) is 15.8. The summed E-state index contributed by atoms with van der Waals surface area (Å²) in [6, 6.07) is 2.56. The van der Waals surface area contributed by atoms with Gasteiger partial charge in [-0.3, -0.25) is 4.79 Å². The van der Waals surface area contributed by atoms with Crippen molar-refractivity contribution in [2.75, 3.05) is 0 Å². The number of hydrogen-bond donors (Lipinski definition) is 1. The molecule has 2 aromatic rings. The fourth-order valence-electron chi connectivity index (χ4n) is 1.88. The minimum Gasteiger partial charge on any atom is -0.433 e. The number of nitrogens with zero attached hydrogens (tertiary/aromatic N) is 3. The summed E-state index contributed by atoms with van der Waals surface area (Å²) >= 11 is 0. The molecule has 1 aliphatic rings. The lowest BCUT2D eigenvalue weighted by atomic mass is 10.2. The number of pyridine rings is 1. The maximum Gasteiger partial charge on any atom is 0.387 e. The fourth-order valence-corrected chi connectivity index (χ4v) is 1.88. The molecule has 110 valence electrons. The highest BCUT2D eigenvalue weighted by Crippen LogP contribution is 2.43. The summed E-state index contributed by atoms with van der Waals surface area (Å²) in [6.07, 6.45) is 3.65. The van der Waals surface area contributed by atoms with Gasteiger partial charge in [-0.15, -0.1) is 0 Å². The average Bonchev–Trinajstić information content (AvgIpc) is 3.02. The lowest BCUT2D eigenvalue weighted by molar-refractivity contribution is -0.0500. The van der Waals surface area contributed by atoms with E-state index in [1.807, 2.05) is 0 Å². The molecule has 0 unspecified atom stereocenters. The Balaban J connectivity index is 1.69. The van der Waals surface area contributed by atoms with Crippen molar-refractivity contribution in [3.63, 3.8) is 0 Å². The van der Waals surface area contributed by atoms with Gasteiger partial charge in [0.25, 0.3) is 5.91 Å². The minimum atomic E-state index is -2.93. The van der Waals surface area contributed by atoms with Gasteiger partial charge in [-0.25, -0.2) is 4.98 Å². The zero-order chi connectivity index (χ0) is 14.9. The van der Waals surface area contributed by atoms with Crippen molar-refractivity contribution in [3.05, 3.63) is 36.2 Å². The third-order valence-electron chi connectivity index (χ3n) is 3.09. The van der Waals surface area contributed by atoms with Crippen molar-refractivity contribution >= 4 is 5.91 Å². The Kier molecular flexibility index (Phi) is 3.24. The Labute approximate surface area is 117 Å². The van der Waals surface area contributed by atoms with Gasteiger partial charge in [0.05, 0.1) is 6.20 Å². The molecule has 0 bridgehead atoms. The van der Waals surface area contributed by atoms with E-state index in [1.54, 1.807) is 0 Å². The Morgan fingerprint density at radius 1 is 1.38 bits per heavy atom. The van der Waals surface area contributed by atoms with E-state index >= 15 is 0 Å². The minimum absolute atomic E-state index is 0.0892. The number of carbonyl (C=O) groups is 1. The standard InChI is InChI=1S/C12H10F2N4O3/c13-11(14)21-7-1-2-8(15-5-7)9(19)17-12(3-4-12)10-16-6-20-18-10/h1-2,5-6,11H,3-4H2,(H,17,19). The molecule has 2 aromatic heterocycles. The van der Waals surface area contributed by atoms with Crippen LogP contribution in [0.4, 0.5) is 8.78 Å². The summed E-state index contributed by atoms with van der Waals surface area (Å²) < 4.78 is 32.9. The van der Waals surface area contributed by atoms with Gasteiger partial charge < -0.3 is 14.6 Å². The first-order valence-electron chi connectivity index (χ1n) is 6.09. The molecule has 0 aromatic carbocycles. The van der Waals surface area contributed by atoms with E-state index in [0.717, 1.165) is 6.20 Å². The van der Waals surface area contributed by atoms with Crippen molar-refractivity contribution in [3.8, 4) is 5.75 Å². The van der Waals surface area contributed by atoms with Crippen LogP contribution in [0.25, 0.3) is 0 Å². The molecule has 2 heterocycles. The van der Waals surface area contributed by atoms with Crippen molar-refractivity contribution in [1.82, 2.24) is 20.4 Å². The summed E-state index contributed by atoms with van der Waals surface area (Å²) in [5.41, 5.74) is -0.532. The number of alkyl halides is 2. The zero-order valence-electron chi connectivity index (χ0n) is 10.6. The SMILES string of the molecule is O=C(NC1(c2ncon2)CC1)c1ccc(OC(F)F)cn1. The van der Waals surface area contributed by atoms with Crippen molar-refractivity contribution in [2.24, 2.45) is 0 Å². The predicted octanol–water partition coefficient (Wildman–Crippen LogP) is 1.49. The molecule has 7 nitrogen and oxygen atoms in total. The fraction of sp³-hybridized carbons (Fsp3) is 0.333. The number of aromatic nitrogens is 3. The Hall–Kier alpha value is -2.58. The monoisotopic (exact) mass is 296 g/mol. The van der Waals surface area contributed by atoms with Crippen LogP contribution in [0, 0.1) is 0 Å². The number of halogens is 2. The van der Waals surface area contributed by atoms with Crippen LogP contribution >= 0.6 is 0 Å². The molecule has 1 saturated carbocycles. The van der Waals surface area contributed by atoms with Gasteiger partial charge >= 0.3 is 6.61 Å². The van der Waals surface area contributed by atoms with E-state index in [9.17, 15) is 13.6 Å². The first kappa shape index (κ1) is 13.4. The highest BCUT2D eigenvalue weighted by Gasteiger charge is 2.49. The van der Waals surface area contributed by atoms with E-state index in [1.165, 1.54) is 18.5 Å². The summed E-state index contributed by atoms with van der Waals surface area (Å²) in [7, 11) is 0. The second-order valence-electron chi connectivity index (χ2n) is 4.55. The predicted molar refractivity (Wildman–Crippen MR) is 63.5 cm³/mol. The summed E-state index contributed by atoms with van der Waals surface area (Å²) in [4.78, 5) is 19.8. The van der Waals surface area contributed by atoms with Gasteiger partial charge in [-0.2, -0.15) is 13.8 Å². The van der Waals surface area contributed by atoms with Crippen LogP contribution in [0.5, 0.6) is 5.75 Å². The number of hydrogen-bond acceptors (Lipinski definition) is 6. The number of rotatable bonds is 5. The summed E-state index contributed by atoms with van der Waals surface area (Å²) in [5.74, 6) is -0.143. The van der Waals surface area contributed by atoms with E-state index in [0.29, 0.717) is 18.7 Å². The van der Waals surface area contributed by atoms with Gasteiger partial charge in [-0.1, -0.05) is 5.16 Å². The summed E-state index contributed by atoms with van der Waals surface area (Å²) in [6.45, 7) is -2.93. The molecule has 0 atom stereocenters. The molecule has 0 aliphatic heterocycles. The molecular formula is C12H10F2N4O3. The Morgan fingerprint density at radius 2 is 2.19 bits per heavy atom. The smallest absolute Gasteiger partial charge is 0.387 e. The van der Waals surface area contributed by atoms with Gasteiger partial charge in [0.15, 0.2) is 5.82 Å². The molecule has 1 N–H and O–H groups in total. The van der Waals surface area contributed by atoms with E-state index in [4.69, 9.17) is 0 Å². The van der Waals surface area contributed by atoms with Crippen molar-refractivity contribution in [2.45, 2.75) is 25.0 Å². The topological polar surface area (TPSA) is 90.1 Å². The number of amides is 1. The second kappa shape index (κ2) is 5.08. The van der Waals surface area contributed by atoms with Gasteiger partial charge in [0.2, 0.25) is 6.39 Å². The Morgan fingerprint density at radius 3 is 2.71 bits per heavy atom. The van der Waals surface area contributed by atoms with Crippen LogP contribution in [0.15, 0.2) is 29.2 Å². The maximum absolute atomic E-state index is 12.1. The first-order chi connectivity index (χ1) is 10.1. The highest BCUT2D eigenvalue weighted by atomic mass is 19.3. The van der Waals surface area contributed by atoms with Gasteiger partial charge in [-0.05, 0) is 25.0 Å². The number of nitrogens with one attached hydrogen (secondary N) is 1. The van der Waals surface area contributed by atoms with Crippen LogP contribution in [0.2, 0.25) is 0 Å². The molecule has 3 rings (SSSR count). The molecule has 1 aliphatic carbocycles. The van der Waals surface area contributed by atoms with E-state index < -0.39 is 18.1 Å². The molecule has 0 saturated heterocycles. The molecular weight excluding hydrogens is 286 g/mol. The van der Waals surface area contributed by atoms with Crippen LogP contribution in [0.3, 0.4) is 0 Å². The quantitative estimate of drug-likeness (QED) is 0.899. The summed E-state index contributed by atoms with van der Waals surface area (Å²) in [5, 5.41) is 6.49. The number of carbonyl (C=O) groups excluding carboxylic acids is 1. The van der Waals surface area contributed by atoms with Crippen molar-refractivity contribution in [1.29, 1.82) is 0 Å². The zero-order valence-corrected chi connectivity index (χ0v) is 10.6. The largest absolute Gasteiger partial charge is 0.433 e. The molecule has 0 radical (unpaired) electrons. The van der Waals surface area contributed by atoms with Gasteiger partial charge in [0.1, 0.15) is 17.0 Å². The third-order valence-corrected chi connectivity index (χ3v) is 3.09. The lowest BCUT2D eigenvalue weighted by Gasteiger charge is -2.13. The van der Waals surface area contributed by atoms with E-state index in [2.05, 4.69) is 29.7 Å². The van der Waals surface area contributed by atoms with Crippen LogP contribution < -0.4 is 10.1 Å². The molecule has 1 amide bonds. The highest BCUT2D eigenvalue weighted by molar-refractivity contribution is 5.93. The first-order valence-corrected chi connectivity index (χ1v) is 6.09. The third kappa shape index (κ3) is 2.81. The second-order valence-corrected chi connectivity index (χ2v) is 4.55. The van der Waals surface area contributed by atoms with Crippen LogP contribution in [-0.4, -0.2) is 27.6 Å². The lowest BCUT2D eigenvalue weighted by Crippen LogP contribution is -2.36. The molecule has 0 spiro atoms.